The molecular formula is C11H14N4S. The summed E-state index contributed by atoms with van der Waals surface area (Å²) >= 11 is 1.66. The van der Waals surface area contributed by atoms with E-state index in [4.69, 9.17) is 5.73 Å². The predicted molar refractivity (Wildman–Crippen MR) is 66.8 cm³/mol. The second kappa shape index (κ2) is 3.99. The molecule has 1 aliphatic rings. The summed E-state index contributed by atoms with van der Waals surface area (Å²) in [5, 5.41) is 3.24. The first-order valence-electron chi connectivity index (χ1n) is 5.53. The second-order valence-corrected chi connectivity index (χ2v) is 5.06. The molecule has 0 radical (unpaired) electrons. The summed E-state index contributed by atoms with van der Waals surface area (Å²) < 4.78 is 0. The van der Waals surface area contributed by atoms with E-state index in [0.717, 1.165) is 36.6 Å². The molecule has 2 aromatic heterocycles. The Hall–Kier alpha value is -1.20. The highest BCUT2D eigenvalue weighted by Crippen LogP contribution is 2.28. The number of hydrogen-bond donors (Lipinski definition) is 1. The minimum absolute atomic E-state index is 0.357. The molecule has 2 aromatic rings. The Kier molecular flexibility index (Phi) is 2.49. The minimum atomic E-state index is 0.357. The van der Waals surface area contributed by atoms with E-state index in [2.05, 4.69) is 26.3 Å². The predicted octanol–water partition coefficient (Wildman–Crippen LogP) is 1.62. The van der Waals surface area contributed by atoms with Crippen LogP contribution in [0.4, 0.5) is 5.82 Å². The molecule has 0 aliphatic carbocycles. The number of nitrogens with zero attached hydrogens (tertiary/aromatic N) is 3. The number of piperidine rings is 1. The number of nitrogens with two attached hydrogens (primary N) is 1. The molecular weight excluding hydrogens is 220 g/mol. The van der Waals surface area contributed by atoms with Gasteiger partial charge in [0, 0.05) is 19.1 Å². The van der Waals surface area contributed by atoms with Gasteiger partial charge in [-0.15, -0.1) is 11.3 Å². The third-order valence-corrected chi connectivity index (χ3v) is 3.90. The van der Waals surface area contributed by atoms with Crippen molar-refractivity contribution in [2.24, 2.45) is 5.73 Å². The summed E-state index contributed by atoms with van der Waals surface area (Å²) in [4.78, 5) is 12.1. The summed E-state index contributed by atoms with van der Waals surface area (Å²) in [5.41, 5.74) is 5.91. The fourth-order valence-corrected chi connectivity index (χ4v) is 2.87. The molecule has 0 amide bonds. The number of thiophene rings is 1. The van der Waals surface area contributed by atoms with Gasteiger partial charge in [-0.1, -0.05) is 0 Å². The van der Waals surface area contributed by atoms with Gasteiger partial charge in [0.2, 0.25) is 0 Å². The maximum Gasteiger partial charge on any atom is 0.140 e. The lowest BCUT2D eigenvalue weighted by atomic mass is 10.1. The molecule has 3 rings (SSSR count). The Morgan fingerprint density at radius 3 is 2.94 bits per heavy atom. The normalized spacial score (nSPS) is 18.2. The SMILES string of the molecule is NC1CCN(c2ncnc3sccc23)CC1. The molecule has 2 N–H and O–H groups in total. The van der Waals surface area contributed by atoms with E-state index in [9.17, 15) is 0 Å². The van der Waals surface area contributed by atoms with Crippen molar-refractivity contribution in [3.63, 3.8) is 0 Å². The van der Waals surface area contributed by atoms with Gasteiger partial charge in [0.1, 0.15) is 17.0 Å². The highest BCUT2D eigenvalue weighted by molar-refractivity contribution is 7.16. The van der Waals surface area contributed by atoms with E-state index in [1.807, 2.05) is 0 Å². The lowest BCUT2D eigenvalue weighted by Crippen LogP contribution is -2.40. The van der Waals surface area contributed by atoms with Crippen molar-refractivity contribution in [3.05, 3.63) is 17.8 Å². The third-order valence-electron chi connectivity index (χ3n) is 3.08. The van der Waals surface area contributed by atoms with Gasteiger partial charge in [-0.3, -0.25) is 0 Å². The van der Waals surface area contributed by atoms with Crippen molar-refractivity contribution in [1.29, 1.82) is 0 Å². The number of anilines is 1. The van der Waals surface area contributed by atoms with E-state index in [0.29, 0.717) is 6.04 Å². The first kappa shape index (κ1) is 9.99. The monoisotopic (exact) mass is 234 g/mol. The van der Waals surface area contributed by atoms with Crippen LogP contribution in [-0.4, -0.2) is 29.1 Å². The van der Waals surface area contributed by atoms with Gasteiger partial charge in [0.15, 0.2) is 0 Å². The van der Waals surface area contributed by atoms with E-state index in [1.165, 1.54) is 5.39 Å². The zero-order valence-electron chi connectivity index (χ0n) is 8.97. The molecule has 1 fully saturated rings. The van der Waals surface area contributed by atoms with Crippen LogP contribution in [0.3, 0.4) is 0 Å². The van der Waals surface area contributed by atoms with Crippen LogP contribution >= 0.6 is 11.3 Å². The van der Waals surface area contributed by atoms with Crippen molar-refractivity contribution in [2.45, 2.75) is 18.9 Å². The van der Waals surface area contributed by atoms with Crippen LogP contribution in [-0.2, 0) is 0 Å². The molecule has 1 aliphatic heterocycles. The minimum Gasteiger partial charge on any atom is -0.356 e. The first-order valence-corrected chi connectivity index (χ1v) is 6.41. The third kappa shape index (κ3) is 1.66. The quantitative estimate of drug-likeness (QED) is 0.814. The Morgan fingerprint density at radius 1 is 1.31 bits per heavy atom. The summed E-state index contributed by atoms with van der Waals surface area (Å²) in [6.45, 7) is 2.01. The average Bonchev–Trinajstić information content (AvgIpc) is 2.78. The largest absolute Gasteiger partial charge is 0.356 e. The number of aromatic nitrogens is 2. The van der Waals surface area contributed by atoms with Crippen LogP contribution in [0.1, 0.15) is 12.8 Å². The molecule has 0 spiro atoms. The van der Waals surface area contributed by atoms with Gasteiger partial charge in [0.25, 0.3) is 0 Å². The van der Waals surface area contributed by atoms with Crippen molar-refractivity contribution in [3.8, 4) is 0 Å². The summed E-state index contributed by atoms with van der Waals surface area (Å²) in [6, 6.07) is 2.46. The first-order chi connectivity index (χ1) is 7.84. The molecule has 4 nitrogen and oxygen atoms in total. The smallest absolute Gasteiger partial charge is 0.140 e. The van der Waals surface area contributed by atoms with Crippen LogP contribution < -0.4 is 10.6 Å². The van der Waals surface area contributed by atoms with E-state index in [-0.39, 0.29) is 0 Å². The molecule has 1 saturated heterocycles. The van der Waals surface area contributed by atoms with Gasteiger partial charge in [-0.2, -0.15) is 0 Å². The Labute approximate surface area is 98.1 Å². The van der Waals surface area contributed by atoms with Gasteiger partial charge >= 0.3 is 0 Å². The fraction of sp³-hybridized carbons (Fsp3) is 0.455. The van der Waals surface area contributed by atoms with Crippen molar-refractivity contribution in [2.75, 3.05) is 18.0 Å². The molecule has 0 aromatic carbocycles. The lowest BCUT2D eigenvalue weighted by molar-refractivity contribution is 0.499. The van der Waals surface area contributed by atoms with Crippen LogP contribution in [0.2, 0.25) is 0 Å². The van der Waals surface area contributed by atoms with Crippen molar-refractivity contribution < 1.29 is 0 Å². The molecule has 5 heteroatoms. The van der Waals surface area contributed by atoms with E-state index < -0.39 is 0 Å². The fourth-order valence-electron chi connectivity index (χ4n) is 2.14. The van der Waals surface area contributed by atoms with Gasteiger partial charge < -0.3 is 10.6 Å². The molecule has 0 saturated carbocycles. The summed E-state index contributed by atoms with van der Waals surface area (Å²) in [7, 11) is 0. The molecule has 0 atom stereocenters. The molecule has 84 valence electrons. The summed E-state index contributed by atoms with van der Waals surface area (Å²) in [5.74, 6) is 1.07. The van der Waals surface area contributed by atoms with Crippen LogP contribution in [0, 0.1) is 0 Å². The Balaban J connectivity index is 1.96. The molecule has 16 heavy (non-hydrogen) atoms. The van der Waals surface area contributed by atoms with Crippen LogP contribution in [0.15, 0.2) is 17.8 Å². The molecule has 0 unspecified atom stereocenters. The summed E-state index contributed by atoms with van der Waals surface area (Å²) in [6.07, 6.45) is 3.76. The van der Waals surface area contributed by atoms with Crippen LogP contribution in [0.25, 0.3) is 10.2 Å². The Morgan fingerprint density at radius 2 is 2.12 bits per heavy atom. The van der Waals surface area contributed by atoms with Gasteiger partial charge in [0.05, 0.1) is 5.39 Å². The highest BCUT2D eigenvalue weighted by Gasteiger charge is 2.19. The average molecular weight is 234 g/mol. The second-order valence-electron chi connectivity index (χ2n) is 4.16. The maximum atomic E-state index is 5.91. The van der Waals surface area contributed by atoms with Crippen molar-refractivity contribution in [1.82, 2.24) is 9.97 Å². The molecule has 0 bridgehead atoms. The topological polar surface area (TPSA) is 55.0 Å². The van der Waals surface area contributed by atoms with E-state index in [1.54, 1.807) is 17.7 Å². The van der Waals surface area contributed by atoms with Gasteiger partial charge in [-0.05, 0) is 24.3 Å². The van der Waals surface area contributed by atoms with Gasteiger partial charge in [-0.25, -0.2) is 9.97 Å². The van der Waals surface area contributed by atoms with Crippen molar-refractivity contribution >= 4 is 27.4 Å². The standard InChI is InChI=1S/C11H14N4S/c12-8-1-4-15(5-2-8)10-9-3-6-16-11(9)14-7-13-10/h3,6-8H,1-2,4-5,12H2. The number of hydrogen-bond acceptors (Lipinski definition) is 5. The zero-order valence-corrected chi connectivity index (χ0v) is 9.78. The number of fused-ring (bicyclic) bond motifs is 1. The Bertz CT molecular complexity index is 487. The molecule has 3 heterocycles. The highest BCUT2D eigenvalue weighted by atomic mass is 32.1. The van der Waals surface area contributed by atoms with Crippen LogP contribution in [0.5, 0.6) is 0 Å². The lowest BCUT2D eigenvalue weighted by Gasteiger charge is -2.31. The number of rotatable bonds is 1. The maximum absolute atomic E-state index is 5.91. The van der Waals surface area contributed by atoms with E-state index >= 15 is 0 Å². The zero-order chi connectivity index (χ0) is 11.0.